The third-order valence-electron chi connectivity index (χ3n) is 3.33. The van der Waals surface area contributed by atoms with Crippen LogP contribution in [0.15, 0.2) is 36.4 Å². The van der Waals surface area contributed by atoms with Crippen LogP contribution < -0.4 is 5.32 Å². The predicted octanol–water partition coefficient (Wildman–Crippen LogP) is 4.92. The minimum atomic E-state index is 0.120. The lowest BCUT2D eigenvalue weighted by molar-refractivity contribution is 0.687. The number of benzene rings is 2. The van der Waals surface area contributed by atoms with Gasteiger partial charge in [0.15, 0.2) is 0 Å². The molecular weight excluding hydrogens is 277 g/mol. The van der Waals surface area contributed by atoms with E-state index in [9.17, 15) is 0 Å². The predicted molar refractivity (Wildman–Crippen MR) is 83.3 cm³/mol. The van der Waals surface area contributed by atoms with Crippen molar-refractivity contribution in [2.75, 3.05) is 7.05 Å². The summed E-state index contributed by atoms with van der Waals surface area (Å²) >= 11 is 12.2. The van der Waals surface area contributed by atoms with E-state index in [1.54, 1.807) is 0 Å². The summed E-state index contributed by atoms with van der Waals surface area (Å²) in [6, 6.07) is 12.2. The van der Waals surface area contributed by atoms with Gasteiger partial charge in [-0.25, -0.2) is 0 Å². The van der Waals surface area contributed by atoms with Crippen LogP contribution >= 0.6 is 23.2 Å². The molecule has 2 aromatic rings. The van der Waals surface area contributed by atoms with Gasteiger partial charge in [0.25, 0.3) is 0 Å². The summed E-state index contributed by atoms with van der Waals surface area (Å²) in [5.74, 6) is 0. The molecule has 0 amide bonds. The molecule has 3 heteroatoms. The lowest BCUT2D eigenvalue weighted by Crippen LogP contribution is -2.18. The fourth-order valence-corrected chi connectivity index (χ4v) is 2.72. The standard InChI is InChI=1S/C16H17Cl2N/c1-10-8-15(18)11(2)7-14(10)16(19-3)12-5-4-6-13(17)9-12/h4-9,16,19H,1-3H3. The average Bonchev–Trinajstić information content (AvgIpc) is 2.36. The summed E-state index contributed by atoms with van der Waals surface area (Å²) in [5.41, 5.74) is 4.64. The molecule has 0 heterocycles. The molecule has 0 aromatic heterocycles. The first-order valence-electron chi connectivity index (χ1n) is 6.22. The molecule has 100 valence electrons. The van der Waals surface area contributed by atoms with Gasteiger partial charge in [0.1, 0.15) is 0 Å². The van der Waals surface area contributed by atoms with Crippen molar-refractivity contribution in [1.29, 1.82) is 0 Å². The summed E-state index contributed by atoms with van der Waals surface area (Å²) in [4.78, 5) is 0. The molecule has 0 saturated heterocycles. The summed E-state index contributed by atoms with van der Waals surface area (Å²) in [6.45, 7) is 4.10. The Hall–Kier alpha value is -1.02. The largest absolute Gasteiger partial charge is 0.309 e. The smallest absolute Gasteiger partial charge is 0.0577 e. The highest BCUT2D eigenvalue weighted by atomic mass is 35.5. The SMILES string of the molecule is CNC(c1cccc(Cl)c1)c1cc(C)c(Cl)cc1C. The summed E-state index contributed by atoms with van der Waals surface area (Å²) in [7, 11) is 1.95. The van der Waals surface area contributed by atoms with Gasteiger partial charge in [0, 0.05) is 10.0 Å². The number of nitrogens with one attached hydrogen (secondary N) is 1. The van der Waals surface area contributed by atoms with Crippen molar-refractivity contribution in [3.63, 3.8) is 0 Å². The van der Waals surface area contributed by atoms with Crippen LogP contribution in [0.2, 0.25) is 10.0 Å². The van der Waals surface area contributed by atoms with Gasteiger partial charge in [-0.1, -0.05) is 41.4 Å². The van der Waals surface area contributed by atoms with Crippen LogP contribution in [0, 0.1) is 13.8 Å². The third kappa shape index (κ3) is 3.11. The Morgan fingerprint density at radius 1 is 1.00 bits per heavy atom. The van der Waals surface area contributed by atoms with Crippen molar-refractivity contribution in [2.24, 2.45) is 0 Å². The molecule has 0 radical (unpaired) electrons. The van der Waals surface area contributed by atoms with Gasteiger partial charge in [0.2, 0.25) is 0 Å². The van der Waals surface area contributed by atoms with Crippen molar-refractivity contribution in [3.05, 3.63) is 68.7 Å². The molecular formula is C16H17Cl2N. The fraction of sp³-hybridized carbons (Fsp3) is 0.250. The van der Waals surface area contributed by atoms with Crippen LogP contribution in [-0.2, 0) is 0 Å². The molecule has 1 N–H and O–H groups in total. The molecule has 0 aliphatic rings. The van der Waals surface area contributed by atoms with E-state index in [1.807, 2.05) is 38.2 Å². The van der Waals surface area contributed by atoms with Crippen molar-refractivity contribution < 1.29 is 0 Å². The van der Waals surface area contributed by atoms with Crippen LogP contribution in [-0.4, -0.2) is 7.05 Å². The molecule has 0 aliphatic heterocycles. The molecule has 0 saturated carbocycles. The van der Waals surface area contributed by atoms with Crippen LogP contribution in [0.3, 0.4) is 0 Å². The Balaban J connectivity index is 2.51. The number of halogens is 2. The first-order valence-corrected chi connectivity index (χ1v) is 6.98. The van der Waals surface area contributed by atoms with Gasteiger partial charge < -0.3 is 5.32 Å². The van der Waals surface area contributed by atoms with Crippen molar-refractivity contribution >= 4 is 23.2 Å². The van der Waals surface area contributed by atoms with E-state index < -0.39 is 0 Å². The van der Waals surface area contributed by atoms with Crippen LogP contribution in [0.5, 0.6) is 0 Å². The van der Waals surface area contributed by atoms with Gasteiger partial charge in [-0.3, -0.25) is 0 Å². The average molecular weight is 294 g/mol. The number of hydrogen-bond donors (Lipinski definition) is 1. The molecule has 1 nitrogen and oxygen atoms in total. The van der Waals surface area contributed by atoms with E-state index in [-0.39, 0.29) is 6.04 Å². The van der Waals surface area contributed by atoms with E-state index in [1.165, 1.54) is 11.1 Å². The molecule has 1 atom stereocenters. The minimum Gasteiger partial charge on any atom is -0.309 e. The highest BCUT2D eigenvalue weighted by molar-refractivity contribution is 6.31. The maximum atomic E-state index is 6.16. The van der Waals surface area contributed by atoms with Crippen molar-refractivity contribution in [1.82, 2.24) is 5.32 Å². The van der Waals surface area contributed by atoms with Crippen LogP contribution in [0.4, 0.5) is 0 Å². The first kappa shape index (κ1) is 14.4. The van der Waals surface area contributed by atoms with Crippen molar-refractivity contribution in [3.8, 4) is 0 Å². The van der Waals surface area contributed by atoms with E-state index in [0.29, 0.717) is 0 Å². The molecule has 0 bridgehead atoms. The Morgan fingerprint density at radius 2 is 1.74 bits per heavy atom. The Bertz CT molecular complexity index is 593. The number of hydrogen-bond acceptors (Lipinski definition) is 1. The second-order valence-corrected chi connectivity index (χ2v) is 5.58. The second kappa shape index (κ2) is 5.96. The van der Waals surface area contributed by atoms with Gasteiger partial charge in [0.05, 0.1) is 6.04 Å². The molecule has 0 fully saturated rings. The number of aryl methyl sites for hydroxylation is 2. The van der Waals surface area contributed by atoms with Gasteiger partial charge >= 0.3 is 0 Å². The normalized spacial score (nSPS) is 12.5. The maximum Gasteiger partial charge on any atom is 0.0577 e. The Labute approximate surface area is 124 Å². The quantitative estimate of drug-likeness (QED) is 0.847. The lowest BCUT2D eigenvalue weighted by Gasteiger charge is -2.20. The highest BCUT2D eigenvalue weighted by Gasteiger charge is 2.15. The van der Waals surface area contributed by atoms with Crippen LogP contribution in [0.25, 0.3) is 0 Å². The van der Waals surface area contributed by atoms with Gasteiger partial charge in [-0.05, 0) is 61.3 Å². The molecule has 0 spiro atoms. The van der Waals surface area contributed by atoms with Gasteiger partial charge in [-0.15, -0.1) is 0 Å². The maximum absolute atomic E-state index is 6.16. The second-order valence-electron chi connectivity index (χ2n) is 4.73. The lowest BCUT2D eigenvalue weighted by atomic mass is 9.93. The molecule has 0 aliphatic carbocycles. The zero-order valence-corrected chi connectivity index (χ0v) is 12.8. The van der Waals surface area contributed by atoms with E-state index >= 15 is 0 Å². The number of rotatable bonds is 3. The summed E-state index contributed by atoms with van der Waals surface area (Å²) < 4.78 is 0. The van der Waals surface area contributed by atoms with E-state index in [2.05, 4.69) is 24.4 Å². The fourth-order valence-electron chi connectivity index (χ4n) is 2.30. The zero-order chi connectivity index (χ0) is 14.0. The topological polar surface area (TPSA) is 12.0 Å². The first-order chi connectivity index (χ1) is 9.02. The van der Waals surface area contributed by atoms with E-state index in [0.717, 1.165) is 21.2 Å². The van der Waals surface area contributed by atoms with Gasteiger partial charge in [-0.2, -0.15) is 0 Å². The molecule has 2 aromatic carbocycles. The Morgan fingerprint density at radius 3 is 2.37 bits per heavy atom. The van der Waals surface area contributed by atoms with Crippen molar-refractivity contribution in [2.45, 2.75) is 19.9 Å². The monoisotopic (exact) mass is 293 g/mol. The Kier molecular flexibility index (Phi) is 4.51. The summed E-state index contributed by atoms with van der Waals surface area (Å²) in [5, 5.41) is 4.91. The van der Waals surface area contributed by atoms with E-state index in [4.69, 9.17) is 23.2 Å². The molecule has 2 rings (SSSR count). The van der Waals surface area contributed by atoms with Crippen LogP contribution in [0.1, 0.15) is 28.3 Å². The highest BCUT2D eigenvalue weighted by Crippen LogP contribution is 2.29. The minimum absolute atomic E-state index is 0.120. The summed E-state index contributed by atoms with van der Waals surface area (Å²) in [6.07, 6.45) is 0. The third-order valence-corrected chi connectivity index (χ3v) is 3.97. The molecule has 19 heavy (non-hydrogen) atoms. The zero-order valence-electron chi connectivity index (χ0n) is 11.3. The molecule has 1 unspecified atom stereocenters.